The summed E-state index contributed by atoms with van der Waals surface area (Å²) in [4.78, 5) is 25.5. The van der Waals surface area contributed by atoms with Crippen molar-refractivity contribution in [1.82, 2.24) is 20.4 Å². The first-order valence-electron chi connectivity index (χ1n) is 11.4. The van der Waals surface area contributed by atoms with Crippen LogP contribution in [-0.4, -0.2) is 39.6 Å². The minimum Gasteiger partial charge on any atom is -0.459 e. The van der Waals surface area contributed by atoms with Crippen LogP contribution in [0.1, 0.15) is 28.1 Å². The van der Waals surface area contributed by atoms with Crippen LogP contribution in [0.5, 0.6) is 0 Å². The van der Waals surface area contributed by atoms with Crippen LogP contribution in [0.15, 0.2) is 89.7 Å². The molecule has 0 aliphatic rings. The lowest BCUT2D eigenvalue weighted by molar-refractivity contribution is -0.123. The molecule has 0 fully saturated rings. The summed E-state index contributed by atoms with van der Waals surface area (Å²) in [7, 11) is 0. The number of nitrogens with one attached hydrogen (secondary N) is 2. The SMILES string of the molecule is CSCC[C@@H](NC(=O)c1ccco1)C(=O)NCc1cn(Cc2ccccc2)nc1-c1ccccc1. The van der Waals surface area contributed by atoms with Gasteiger partial charge < -0.3 is 15.1 Å². The van der Waals surface area contributed by atoms with Crippen molar-refractivity contribution < 1.29 is 14.0 Å². The molecule has 7 nitrogen and oxygen atoms in total. The molecule has 0 bridgehead atoms. The van der Waals surface area contributed by atoms with Crippen molar-refractivity contribution in [2.75, 3.05) is 12.0 Å². The molecule has 0 unspecified atom stereocenters. The van der Waals surface area contributed by atoms with E-state index in [0.717, 1.165) is 28.1 Å². The molecule has 4 rings (SSSR count). The van der Waals surface area contributed by atoms with Crippen molar-refractivity contribution in [2.24, 2.45) is 0 Å². The Morgan fingerprint density at radius 1 is 1.03 bits per heavy atom. The molecule has 8 heteroatoms. The third kappa shape index (κ3) is 6.64. The van der Waals surface area contributed by atoms with Gasteiger partial charge in [-0.3, -0.25) is 14.3 Å². The van der Waals surface area contributed by atoms with Crippen LogP contribution in [0.2, 0.25) is 0 Å². The molecule has 0 radical (unpaired) electrons. The lowest BCUT2D eigenvalue weighted by atomic mass is 10.1. The monoisotopic (exact) mass is 488 g/mol. The minimum atomic E-state index is -0.667. The van der Waals surface area contributed by atoms with E-state index < -0.39 is 11.9 Å². The Hall–Kier alpha value is -3.78. The largest absolute Gasteiger partial charge is 0.459 e. The van der Waals surface area contributed by atoms with Crippen LogP contribution < -0.4 is 10.6 Å². The van der Waals surface area contributed by atoms with Crippen LogP contribution in [-0.2, 0) is 17.9 Å². The fourth-order valence-corrected chi connectivity index (χ4v) is 4.20. The average molecular weight is 489 g/mol. The van der Waals surface area contributed by atoms with Crippen LogP contribution >= 0.6 is 11.8 Å². The van der Waals surface area contributed by atoms with Crippen LogP contribution in [0.25, 0.3) is 11.3 Å². The van der Waals surface area contributed by atoms with E-state index in [1.54, 1.807) is 23.9 Å². The highest BCUT2D eigenvalue weighted by Crippen LogP contribution is 2.22. The molecule has 0 aliphatic carbocycles. The van der Waals surface area contributed by atoms with Crippen molar-refractivity contribution >= 4 is 23.6 Å². The molecular formula is C27H28N4O3S. The number of furan rings is 1. The second kappa shape index (κ2) is 12.1. The number of carbonyl (C=O) groups is 2. The molecule has 2 amide bonds. The Kier molecular flexibility index (Phi) is 8.40. The van der Waals surface area contributed by atoms with Gasteiger partial charge in [0.05, 0.1) is 18.5 Å². The Bertz CT molecular complexity index is 1220. The molecule has 180 valence electrons. The smallest absolute Gasteiger partial charge is 0.287 e. The Labute approximate surface area is 208 Å². The lowest BCUT2D eigenvalue weighted by Crippen LogP contribution is -2.46. The van der Waals surface area contributed by atoms with Crippen LogP contribution in [0.3, 0.4) is 0 Å². The quantitative estimate of drug-likeness (QED) is 0.328. The van der Waals surface area contributed by atoms with E-state index in [4.69, 9.17) is 9.52 Å². The summed E-state index contributed by atoms with van der Waals surface area (Å²) in [6.45, 7) is 0.925. The number of carbonyl (C=O) groups excluding carboxylic acids is 2. The number of nitrogens with zero attached hydrogens (tertiary/aromatic N) is 2. The molecule has 2 heterocycles. The van der Waals surface area contributed by atoms with Gasteiger partial charge in [0, 0.05) is 23.9 Å². The molecule has 0 spiro atoms. The first-order valence-corrected chi connectivity index (χ1v) is 12.8. The van der Waals surface area contributed by atoms with Gasteiger partial charge in [0.2, 0.25) is 5.91 Å². The van der Waals surface area contributed by atoms with E-state index in [9.17, 15) is 9.59 Å². The first kappa shape index (κ1) is 24.3. The van der Waals surface area contributed by atoms with E-state index in [2.05, 4.69) is 22.8 Å². The summed E-state index contributed by atoms with van der Waals surface area (Å²) in [5, 5.41) is 10.6. The summed E-state index contributed by atoms with van der Waals surface area (Å²) < 4.78 is 7.06. The highest BCUT2D eigenvalue weighted by molar-refractivity contribution is 7.98. The third-order valence-electron chi connectivity index (χ3n) is 5.50. The summed E-state index contributed by atoms with van der Waals surface area (Å²) in [5.41, 5.74) is 3.85. The summed E-state index contributed by atoms with van der Waals surface area (Å²) in [6.07, 6.45) is 5.88. The highest BCUT2D eigenvalue weighted by Gasteiger charge is 2.23. The zero-order valence-corrected chi connectivity index (χ0v) is 20.3. The second-order valence-corrected chi connectivity index (χ2v) is 9.04. The Morgan fingerprint density at radius 3 is 2.46 bits per heavy atom. The number of benzene rings is 2. The predicted octanol–water partition coefficient (Wildman–Crippen LogP) is 4.36. The fourth-order valence-electron chi connectivity index (χ4n) is 3.73. The number of hydrogen-bond acceptors (Lipinski definition) is 5. The first-order chi connectivity index (χ1) is 17.1. The molecule has 35 heavy (non-hydrogen) atoms. The van der Waals surface area contributed by atoms with E-state index in [0.29, 0.717) is 19.5 Å². The van der Waals surface area contributed by atoms with E-state index in [1.165, 1.54) is 6.26 Å². The van der Waals surface area contributed by atoms with Crippen LogP contribution in [0, 0.1) is 0 Å². The maximum absolute atomic E-state index is 13.1. The Morgan fingerprint density at radius 2 is 1.77 bits per heavy atom. The molecule has 2 N–H and O–H groups in total. The van der Waals surface area contributed by atoms with Gasteiger partial charge in [-0.05, 0) is 36.1 Å². The van der Waals surface area contributed by atoms with Gasteiger partial charge in [0.15, 0.2) is 5.76 Å². The summed E-state index contributed by atoms with van der Waals surface area (Å²) >= 11 is 1.62. The molecule has 4 aromatic rings. The topological polar surface area (TPSA) is 89.2 Å². The number of hydrogen-bond donors (Lipinski definition) is 2. The summed E-state index contributed by atoms with van der Waals surface area (Å²) in [5.74, 6) is 0.270. The maximum atomic E-state index is 13.1. The fraction of sp³-hybridized carbons (Fsp3) is 0.222. The molecule has 2 aromatic carbocycles. The predicted molar refractivity (Wildman–Crippen MR) is 138 cm³/mol. The summed E-state index contributed by atoms with van der Waals surface area (Å²) in [6, 6.07) is 22.6. The number of thioether (sulfide) groups is 1. The van der Waals surface area contributed by atoms with Gasteiger partial charge in [-0.1, -0.05) is 60.7 Å². The second-order valence-electron chi connectivity index (χ2n) is 8.05. The number of amides is 2. The van der Waals surface area contributed by atoms with Crippen molar-refractivity contribution in [1.29, 1.82) is 0 Å². The van der Waals surface area contributed by atoms with Crippen LogP contribution in [0.4, 0.5) is 0 Å². The molecule has 0 saturated heterocycles. The normalized spacial score (nSPS) is 11.7. The van der Waals surface area contributed by atoms with Gasteiger partial charge in [0.25, 0.3) is 5.91 Å². The third-order valence-corrected chi connectivity index (χ3v) is 6.15. The van der Waals surface area contributed by atoms with E-state index in [1.807, 2.05) is 65.7 Å². The van der Waals surface area contributed by atoms with Gasteiger partial charge in [0.1, 0.15) is 6.04 Å². The van der Waals surface area contributed by atoms with Crippen molar-refractivity contribution in [3.63, 3.8) is 0 Å². The highest BCUT2D eigenvalue weighted by atomic mass is 32.2. The zero-order chi connectivity index (χ0) is 24.5. The average Bonchev–Trinajstić information content (AvgIpc) is 3.57. The van der Waals surface area contributed by atoms with E-state index in [-0.39, 0.29) is 11.7 Å². The van der Waals surface area contributed by atoms with Crippen molar-refractivity contribution in [3.05, 3.63) is 102 Å². The standard InChI is InChI=1S/C27H28N4O3S/c1-35-16-14-23(29-27(33)24-13-8-15-34-24)26(32)28-17-22-19-31(18-20-9-4-2-5-10-20)30-25(22)21-11-6-3-7-12-21/h2-13,15,19,23H,14,16-18H2,1H3,(H,28,32)(H,29,33)/t23-/m1/s1. The molecule has 0 saturated carbocycles. The van der Waals surface area contributed by atoms with Gasteiger partial charge >= 0.3 is 0 Å². The molecular weight excluding hydrogens is 460 g/mol. The maximum Gasteiger partial charge on any atom is 0.287 e. The molecule has 1 atom stereocenters. The number of aromatic nitrogens is 2. The van der Waals surface area contributed by atoms with Crippen molar-refractivity contribution in [3.8, 4) is 11.3 Å². The number of rotatable bonds is 11. The minimum absolute atomic E-state index is 0.181. The van der Waals surface area contributed by atoms with Gasteiger partial charge in [-0.25, -0.2) is 0 Å². The van der Waals surface area contributed by atoms with E-state index >= 15 is 0 Å². The zero-order valence-electron chi connectivity index (χ0n) is 19.5. The Balaban J connectivity index is 1.50. The van der Waals surface area contributed by atoms with Gasteiger partial charge in [-0.15, -0.1) is 0 Å². The molecule has 2 aromatic heterocycles. The van der Waals surface area contributed by atoms with Gasteiger partial charge in [-0.2, -0.15) is 16.9 Å². The lowest BCUT2D eigenvalue weighted by Gasteiger charge is -2.17. The van der Waals surface area contributed by atoms with Crippen molar-refractivity contribution in [2.45, 2.75) is 25.6 Å². The molecule has 0 aliphatic heterocycles.